The van der Waals surface area contributed by atoms with Crippen LogP contribution in [0.1, 0.15) is 5.56 Å². The van der Waals surface area contributed by atoms with Crippen LogP contribution >= 0.6 is 0 Å². The number of nitrogens with one attached hydrogen (secondary N) is 1. The van der Waals surface area contributed by atoms with Crippen molar-refractivity contribution in [1.29, 1.82) is 0 Å². The average molecular weight is 310 g/mol. The molecule has 6 heteroatoms. The Morgan fingerprint density at radius 2 is 2.04 bits per heavy atom. The van der Waals surface area contributed by atoms with Crippen molar-refractivity contribution >= 4 is 5.69 Å². The van der Waals surface area contributed by atoms with Crippen molar-refractivity contribution in [3.8, 4) is 11.6 Å². The van der Waals surface area contributed by atoms with Gasteiger partial charge in [-0.2, -0.15) is 5.10 Å². The van der Waals surface area contributed by atoms with Gasteiger partial charge >= 0.3 is 0 Å². The third-order valence-electron chi connectivity index (χ3n) is 3.30. The maximum atomic E-state index is 8.72. The quantitative estimate of drug-likeness (QED) is 0.700. The van der Waals surface area contributed by atoms with Crippen LogP contribution in [0.3, 0.4) is 0 Å². The van der Waals surface area contributed by atoms with Gasteiger partial charge in [-0.3, -0.25) is 0 Å². The number of nitrogens with zero attached hydrogens (tertiary/aromatic N) is 3. The van der Waals surface area contributed by atoms with Crippen LogP contribution in [0, 0.1) is 0 Å². The molecule has 2 heterocycles. The molecule has 2 N–H and O–H groups in total. The van der Waals surface area contributed by atoms with Gasteiger partial charge in [0.2, 0.25) is 5.88 Å². The lowest BCUT2D eigenvalue weighted by Gasteiger charge is -2.11. The van der Waals surface area contributed by atoms with E-state index in [4.69, 9.17) is 9.84 Å². The molecule has 6 nitrogen and oxygen atoms in total. The molecule has 0 aliphatic rings. The normalized spacial score (nSPS) is 10.5. The third-order valence-corrected chi connectivity index (χ3v) is 3.30. The molecule has 0 aliphatic carbocycles. The monoisotopic (exact) mass is 310 g/mol. The molecular formula is C17H18N4O2. The highest BCUT2D eigenvalue weighted by Crippen LogP contribution is 2.17. The fourth-order valence-electron chi connectivity index (χ4n) is 2.21. The zero-order valence-electron chi connectivity index (χ0n) is 12.6. The van der Waals surface area contributed by atoms with Gasteiger partial charge in [0.15, 0.2) is 0 Å². The highest BCUT2D eigenvalue weighted by Gasteiger charge is 2.04. The fraction of sp³-hybridized carbons (Fsp3) is 0.176. The molecule has 0 amide bonds. The van der Waals surface area contributed by atoms with Crippen LogP contribution in [-0.2, 0) is 6.54 Å². The van der Waals surface area contributed by atoms with Gasteiger partial charge in [0.05, 0.1) is 24.2 Å². The second-order valence-electron chi connectivity index (χ2n) is 4.89. The minimum atomic E-state index is -0.0219. The van der Waals surface area contributed by atoms with Crippen LogP contribution in [0.15, 0.2) is 61.1 Å². The topological polar surface area (TPSA) is 72.2 Å². The summed E-state index contributed by atoms with van der Waals surface area (Å²) in [7, 11) is 0. The summed E-state index contributed by atoms with van der Waals surface area (Å²) in [6.07, 6.45) is 5.40. The Kier molecular flexibility index (Phi) is 4.85. The molecule has 2 aromatic heterocycles. The summed E-state index contributed by atoms with van der Waals surface area (Å²) >= 11 is 0. The molecule has 0 fully saturated rings. The van der Waals surface area contributed by atoms with E-state index in [1.54, 1.807) is 18.5 Å². The molecule has 0 bridgehead atoms. The summed E-state index contributed by atoms with van der Waals surface area (Å²) in [6.45, 7) is 0.886. The molecule has 0 aliphatic heterocycles. The van der Waals surface area contributed by atoms with E-state index < -0.39 is 0 Å². The molecule has 1 aromatic carbocycles. The van der Waals surface area contributed by atoms with Crippen molar-refractivity contribution in [2.24, 2.45) is 0 Å². The first-order valence-electron chi connectivity index (χ1n) is 7.38. The van der Waals surface area contributed by atoms with Gasteiger partial charge in [-0.1, -0.05) is 18.2 Å². The lowest BCUT2D eigenvalue weighted by molar-refractivity contribution is 0.196. The molecule has 0 saturated carbocycles. The predicted octanol–water partition coefficient (Wildman–Crippen LogP) is 2.25. The number of aromatic nitrogens is 3. The molecule has 0 unspecified atom stereocenters. The van der Waals surface area contributed by atoms with E-state index in [1.165, 1.54) is 0 Å². The van der Waals surface area contributed by atoms with Gasteiger partial charge in [-0.15, -0.1) is 0 Å². The van der Waals surface area contributed by atoms with Crippen LogP contribution in [0.25, 0.3) is 5.69 Å². The Morgan fingerprint density at radius 1 is 1.13 bits per heavy atom. The van der Waals surface area contributed by atoms with E-state index >= 15 is 0 Å². The SMILES string of the molecule is OCCOc1ccc(NCc2ccccc2-n2cccn2)cn1. The predicted molar refractivity (Wildman–Crippen MR) is 87.7 cm³/mol. The van der Waals surface area contributed by atoms with Crippen LogP contribution in [0.2, 0.25) is 0 Å². The van der Waals surface area contributed by atoms with E-state index in [0.29, 0.717) is 12.4 Å². The number of ether oxygens (including phenoxy) is 1. The highest BCUT2D eigenvalue weighted by atomic mass is 16.5. The lowest BCUT2D eigenvalue weighted by atomic mass is 10.1. The zero-order valence-corrected chi connectivity index (χ0v) is 12.6. The number of anilines is 1. The minimum absolute atomic E-state index is 0.0219. The fourth-order valence-corrected chi connectivity index (χ4v) is 2.21. The van der Waals surface area contributed by atoms with Gasteiger partial charge in [-0.05, 0) is 23.8 Å². The average Bonchev–Trinajstić information content (AvgIpc) is 3.14. The lowest BCUT2D eigenvalue weighted by Crippen LogP contribution is -2.06. The van der Waals surface area contributed by atoms with Crippen LogP contribution in [0.4, 0.5) is 5.69 Å². The molecule has 118 valence electrons. The van der Waals surface area contributed by atoms with Crippen molar-refractivity contribution in [3.63, 3.8) is 0 Å². The second kappa shape index (κ2) is 7.42. The van der Waals surface area contributed by atoms with Crippen molar-refractivity contribution in [2.75, 3.05) is 18.5 Å². The number of pyridine rings is 1. The number of hydrogen-bond donors (Lipinski definition) is 2. The summed E-state index contributed by atoms with van der Waals surface area (Å²) < 4.78 is 7.09. The first-order chi connectivity index (χ1) is 11.4. The molecule has 23 heavy (non-hydrogen) atoms. The van der Waals surface area contributed by atoms with E-state index in [2.05, 4.69) is 21.5 Å². The molecule has 0 spiro atoms. The van der Waals surface area contributed by atoms with E-state index in [9.17, 15) is 0 Å². The van der Waals surface area contributed by atoms with E-state index in [-0.39, 0.29) is 13.2 Å². The maximum Gasteiger partial charge on any atom is 0.213 e. The summed E-state index contributed by atoms with van der Waals surface area (Å²) in [5.41, 5.74) is 3.08. The minimum Gasteiger partial charge on any atom is -0.475 e. The summed E-state index contributed by atoms with van der Waals surface area (Å²) in [6, 6.07) is 13.7. The Hall–Kier alpha value is -2.86. The van der Waals surface area contributed by atoms with E-state index in [1.807, 2.05) is 41.2 Å². The van der Waals surface area contributed by atoms with Gasteiger partial charge in [-0.25, -0.2) is 9.67 Å². The van der Waals surface area contributed by atoms with Crippen LogP contribution in [-0.4, -0.2) is 33.1 Å². The largest absolute Gasteiger partial charge is 0.475 e. The highest BCUT2D eigenvalue weighted by molar-refractivity contribution is 5.46. The summed E-state index contributed by atoms with van der Waals surface area (Å²) in [4.78, 5) is 4.19. The first-order valence-corrected chi connectivity index (χ1v) is 7.38. The van der Waals surface area contributed by atoms with Gasteiger partial charge in [0.25, 0.3) is 0 Å². The number of aliphatic hydroxyl groups excluding tert-OH is 1. The van der Waals surface area contributed by atoms with Crippen molar-refractivity contribution in [1.82, 2.24) is 14.8 Å². The van der Waals surface area contributed by atoms with Crippen LogP contribution < -0.4 is 10.1 Å². The van der Waals surface area contributed by atoms with Crippen molar-refractivity contribution < 1.29 is 9.84 Å². The Labute approximate surface area is 134 Å². The number of benzene rings is 1. The van der Waals surface area contributed by atoms with Crippen LogP contribution in [0.5, 0.6) is 5.88 Å². The second-order valence-corrected chi connectivity index (χ2v) is 4.89. The number of hydrogen-bond acceptors (Lipinski definition) is 5. The van der Waals surface area contributed by atoms with Crippen molar-refractivity contribution in [2.45, 2.75) is 6.54 Å². The molecule has 0 saturated heterocycles. The zero-order chi connectivity index (χ0) is 15.9. The molecular weight excluding hydrogens is 292 g/mol. The van der Waals surface area contributed by atoms with Crippen molar-refractivity contribution in [3.05, 3.63) is 66.6 Å². The smallest absolute Gasteiger partial charge is 0.213 e. The summed E-state index contributed by atoms with van der Waals surface area (Å²) in [5.74, 6) is 0.501. The standard InChI is InChI=1S/C17H18N4O2/c22-10-11-23-17-7-6-15(13-19-17)18-12-14-4-1-2-5-16(14)21-9-3-8-20-21/h1-9,13,18,22H,10-12H2. The first kappa shape index (κ1) is 15.1. The number of para-hydroxylation sites is 1. The number of aliphatic hydroxyl groups is 1. The van der Waals surface area contributed by atoms with Gasteiger partial charge < -0.3 is 15.2 Å². The molecule has 0 radical (unpaired) electrons. The Balaban J connectivity index is 1.67. The molecule has 3 aromatic rings. The Bertz CT molecular complexity index is 727. The Morgan fingerprint density at radius 3 is 2.78 bits per heavy atom. The van der Waals surface area contributed by atoms with Gasteiger partial charge in [0, 0.05) is 25.0 Å². The molecule has 0 atom stereocenters. The maximum absolute atomic E-state index is 8.72. The summed E-state index contributed by atoms with van der Waals surface area (Å²) in [5, 5.41) is 16.3. The third kappa shape index (κ3) is 3.87. The molecule has 3 rings (SSSR count). The number of rotatable bonds is 7. The van der Waals surface area contributed by atoms with Gasteiger partial charge in [0.1, 0.15) is 6.61 Å². The van der Waals surface area contributed by atoms with E-state index in [0.717, 1.165) is 16.9 Å².